The number of aliphatic hydroxyl groups excluding tert-OH is 1. The molecule has 1 aromatic heterocycles. The van der Waals surface area contributed by atoms with Crippen LogP contribution in [0.15, 0.2) is 78.9 Å². The monoisotopic (exact) mass is 346 g/mol. The first-order valence-electron chi connectivity index (χ1n) is 8.23. The van der Waals surface area contributed by atoms with Crippen LogP contribution in [0.5, 0.6) is 5.75 Å². The molecule has 3 heteroatoms. The van der Waals surface area contributed by atoms with Crippen LogP contribution in [0.25, 0.3) is 20.5 Å². The van der Waals surface area contributed by atoms with Gasteiger partial charge in [0.25, 0.3) is 0 Å². The normalized spacial score (nSPS) is 10.9. The first-order valence-corrected chi connectivity index (χ1v) is 9.04. The summed E-state index contributed by atoms with van der Waals surface area (Å²) in [5, 5.41) is 10.9. The zero-order valence-electron chi connectivity index (χ0n) is 13.7. The van der Waals surface area contributed by atoms with Crippen molar-refractivity contribution in [1.82, 2.24) is 0 Å². The number of thiophene rings is 1. The van der Waals surface area contributed by atoms with E-state index < -0.39 is 0 Å². The van der Waals surface area contributed by atoms with Gasteiger partial charge in [-0.25, -0.2) is 0 Å². The molecular formula is C22H18O2S. The molecular weight excluding hydrogens is 328 g/mol. The predicted octanol–water partition coefficient (Wildman–Crippen LogP) is 5.64. The number of fused-ring (bicyclic) bond motifs is 1. The minimum atomic E-state index is 0.0164. The molecule has 4 rings (SSSR count). The zero-order valence-corrected chi connectivity index (χ0v) is 14.5. The standard InChI is InChI=1S/C22H18O2S/c23-14-18-10-11-19(24-15-16-6-2-1-3-7-16)13-20(18)22-12-17-8-4-5-9-21(17)25-22/h1-13,23H,14-15H2. The van der Waals surface area contributed by atoms with E-state index in [9.17, 15) is 5.11 Å². The van der Waals surface area contributed by atoms with E-state index in [2.05, 4.69) is 36.4 Å². The molecule has 0 saturated carbocycles. The lowest BCUT2D eigenvalue weighted by Gasteiger charge is -2.11. The summed E-state index contributed by atoms with van der Waals surface area (Å²) in [7, 11) is 0. The Kier molecular flexibility index (Phi) is 4.51. The van der Waals surface area contributed by atoms with Crippen LogP contribution in [0, 0.1) is 0 Å². The molecule has 1 heterocycles. The molecule has 0 amide bonds. The number of benzene rings is 3. The predicted molar refractivity (Wildman–Crippen MR) is 104 cm³/mol. The van der Waals surface area contributed by atoms with Gasteiger partial charge >= 0.3 is 0 Å². The summed E-state index contributed by atoms with van der Waals surface area (Å²) in [4.78, 5) is 1.15. The molecule has 0 saturated heterocycles. The molecule has 0 bridgehead atoms. The van der Waals surface area contributed by atoms with Crippen molar-refractivity contribution in [2.24, 2.45) is 0 Å². The van der Waals surface area contributed by atoms with Gasteiger partial charge in [0.1, 0.15) is 12.4 Å². The Hall–Kier alpha value is -2.62. The van der Waals surface area contributed by atoms with Crippen molar-refractivity contribution in [2.75, 3.05) is 0 Å². The second-order valence-electron chi connectivity index (χ2n) is 5.90. The second-order valence-corrected chi connectivity index (χ2v) is 6.98. The molecule has 4 aromatic rings. The van der Waals surface area contributed by atoms with Crippen LogP contribution in [0.2, 0.25) is 0 Å². The molecule has 3 aromatic carbocycles. The zero-order chi connectivity index (χ0) is 17.1. The Morgan fingerprint density at radius 2 is 1.64 bits per heavy atom. The van der Waals surface area contributed by atoms with Crippen molar-refractivity contribution >= 4 is 21.4 Å². The van der Waals surface area contributed by atoms with Gasteiger partial charge in [-0.15, -0.1) is 11.3 Å². The summed E-state index contributed by atoms with van der Waals surface area (Å²) in [6.07, 6.45) is 0. The van der Waals surface area contributed by atoms with Gasteiger partial charge in [0.2, 0.25) is 0 Å². The largest absolute Gasteiger partial charge is 0.489 e. The minimum Gasteiger partial charge on any atom is -0.489 e. The Morgan fingerprint density at radius 3 is 2.44 bits per heavy atom. The summed E-state index contributed by atoms with van der Waals surface area (Å²) < 4.78 is 7.20. The van der Waals surface area contributed by atoms with Crippen LogP contribution in [-0.2, 0) is 13.2 Å². The lowest BCUT2D eigenvalue weighted by atomic mass is 10.1. The highest BCUT2D eigenvalue weighted by Gasteiger charge is 2.10. The van der Waals surface area contributed by atoms with E-state index in [-0.39, 0.29) is 6.61 Å². The van der Waals surface area contributed by atoms with E-state index >= 15 is 0 Å². The van der Waals surface area contributed by atoms with Gasteiger partial charge in [-0.3, -0.25) is 0 Å². The molecule has 0 atom stereocenters. The average molecular weight is 346 g/mol. The summed E-state index contributed by atoms with van der Waals surface area (Å²) in [5.74, 6) is 0.813. The third-order valence-corrected chi connectivity index (χ3v) is 5.34. The molecule has 0 radical (unpaired) electrons. The van der Waals surface area contributed by atoms with Crippen molar-refractivity contribution in [3.05, 3.63) is 90.0 Å². The van der Waals surface area contributed by atoms with Gasteiger partial charge in [-0.1, -0.05) is 54.6 Å². The first kappa shape index (κ1) is 15.9. The maximum Gasteiger partial charge on any atom is 0.120 e. The summed E-state index contributed by atoms with van der Waals surface area (Å²) in [5.41, 5.74) is 3.09. The lowest BCUT2D eigenvalue weighted by Crippen LogP contribution is -1.96. The molecule has 0 unspecified atom stereocenters. The van der Waals surface area contributed by atoms with Crippen molar-refractivity contribution in [3.8, 4) is 16.2 Å². The molecule has 1 N–H and O–H groups in total. The third-order valence-electron chi connectivity index (χ3n) is 4.19. The minimum absolute atomic E-state index is 0.0164. The number of rotatable bonds is 5. The van der Waals surface area contributed by atoms with Crippen LogP contribution >= 0.6 is 11.3 Å². The second kappa shape index (κ2) is 7.09. The van der Waals surface area contributed by atoms with Gasteiger partial charge in [0, 0.05) is 15.1 Å². The van der Waals surface area contributed by atoms with Gasteiger partial charge < -0.3 is 9.84 Å². The Labute approximate surface area is 151 Å². The molecule has 0 spiro atoms. The Balaban J connectivity index is 1.66. The van der Waals surface area contributed by atoms with E-state index in [1.807, 2.05) is 42.5 Å². The smallest absolute Gasteiger partial charge is 0.120 e. The Bertz CT molecular complexity index is 956. The van der Waals surface area contributed by atoms with Gasteiger partial charge in [0.05, 0.1) is 6.61 Å². The van der Waals surface area contributed by atoms with E-state index in [0.29, 0.717) is 6.61 Å². The van der Waals surface area contributed by atoms with Crippen molar-refractivity contribution in [1.29, 1.82) is 0 Å². The summed E-state index contributed by atoms with van der Waals surface area (Å²) in [6.45, 7) is 0.549. The van der Waals surface area contributed by atoms with Crippen LogP contribution in [-0.4, -0.2) is 5.11 Å². The summed E-state index contributed by atoms with van der Waals surface area (Å²) in [6, 6.07) is 26.5. The fourth-order valence-electron chi connectivity index (χ4n) is 2.87. The maximum absolute atomic E-state index is 9.72. The topological polar surface area (TPSA) is 29.5 Å². The molecule has 0 aliphatic heterocycles. The van der Waals surface area contributed by atoms with Crippen LogP contribution in [0.3, 0.4) is 0 Å². The van der Waals surface area contributed by atoms with E-state index in [1.54, 1.807) is 11.3 Å². The van der Waals surface area contributed by atoms with Gasteiger partial charge in [-0.2, -0.15) is 0 Å². The lowest BCUT2D eigenvalue weighted by molar-refractivity contribution is 0.281. The van der Waals surface area contributed by atoms with Crippen LogP contribution < -0.4 is 4.74 Å². The molecule has 124 valence electrons. The maximum atomic E-state index is 9.72. The van der Waals surface area contributed by atoms with E-state index in [0.717, 1.165) is 27.3 Å². The molecule has 25 heavy (non-hydrogen) atoms. The average Bonchev–Trinajstić information content (AvgIpc) is 3.11. The number of ether oxygens (including phenoxy) is 1. The van der Waals surface area contributed by atoms with Gasteiger partial charge in [0.15, 0.2) is 0 Å². The third kappa shape index (κ3) is 3.43. The fraction of sp³-hybridized carbons (Fsp3) is 0.0909. The molecule has 0 aliphatic carbocycles. The first-order chi connectivity index (χ1) is 12.3. The fourth-order valence-corrected chi connectivity index (χ4v) is 3.98. The molecule has 2 nitrogen and oxygen atoms in total. The summed E-state index contributed by atoms with van der Waals surface area (Å²) >= 11 is 1.74. The van der Waals surface area contributed by atoms with Crippen LogP contribution in [0.4, 0.5) is 0 Å². The molecule has 0 aliphatic rings. The van der Waals surface area contributed by atoms with E-state index in [1.165, 1.54) is 10.1 Å². The van der Waals surface area contributed by atoms with Crippen molar-refractivity contribution in [3.63, 3.8) is 0 Å². The highest BCUT2D eigenvalue weighted by Crippen LogP contribution is 2.37. The quantitative estimate of drug-likeness (QED) is 0.507. The van der Waals surface area contributed by atoms with Crippen molar-refractivity contribution < 1.29 is 9.84 Å². The van der Waals surface area contributed by atoms with Crippen LogP contribution in [0.1, 0.15) is 11.1 Å². The highest BCUT2D eigenvalue weighted by atomic mass is 32.1. The number of aliphatic hydroxyl groups is 1. The number of hydrogen-bond donors (Lipinski definition) is 1. The van der Waals surface area contributed by atoms with Gasteiger partial charge in [-0.05, 0) is 40.8 Å². The van der Waals surface area contributed by atoms with E-state index in [4.69, 9.17) is 4.74 Å². The number of hydrogen-bond acceptors (Lipinski definition) is 3. The van der Waals surface area contributed by atoms with Crippen molar-refractivity contribution in [2.45, 2.75) is 13.2 Å². The highest BCUT2D eigenvalue weighted by molar-refractivity contribution is 7.22. The molecule has 0 fully saturated rings. The SMILES string of the molecule is OCc1ccc(OCc2ccccc2)cc1-c1cc2ccccc2s1. The Morgan fingerprint density at radius 1 is 0.840 bits per heavy atom.